The number of hydrogen-bond donors (Lipinski definition) is 3. The Morgan fingerprint density at radius 2 is 2.03 bits per heavy atom. The molecule has 1 aromatic rings. The maximum atomic E-state index is 13.7. The number of carbonyl (C=O) groups is 1. The summed E-state index contributed by atoms with van der Waals surface area (Å²) in [5.41, 5.74) is -0.270. The minimum atomic E-state index is -3.09. The first kappa shape index (κ1) is 24.0. The van der Waals surface area contributed by atoms with Crippen molar-refractivity contribution in [1.29, 1.82) is 0 Å². The molecule has 1 aliphatic heterocycles. The molecule has 0 radical (unpaired) electrons. The van der Waals surface area contributed by atoms with E-state index in [9.17, 15) is 18.7 Å². The predicted octanol–water partition coefficient (Wildman–Crippen LogP) is 2.91. The largest absolute Gasteiger partial charge is 0.465 e. The Morgan fingerprint density at radius 1 is 1.37 bits per heavy atom. The minimum Gasteiger partial charge on any atom is -0.465 e. The maximum Gasteiger partial charge on any atom is 0.407 e. The van der Waals surface area contributed by atoms with E-state index < -0.39 is 36.7 Å². The molecule has 0 bridgehead atoms. The monoisotopic (exact) mass is 430 g/mol. The Bertz CT molecular complexity index is 729. The molecule has 8 nitrogen and oxygen atoms in total. The van der Waals surface area contributed by atoms with E-state index in [1.165, 1.54) is 0 Å². The summed E-state index contributed by atoms with van der Waals surface area (Å²) >= 11 is 0. The predicted molar refractivity (Wildman–Crippen MR) is 104 cm³/mol. The molecule has 168 valence electrons. The van der Waals surface area contributed by atoms with Gasteiger partial charge in [-0.2, -0.15) is 0 Å². The standard InChI is InChI=1S/C20H28F2N2O6/c1-14(2)30-13-19(21,22)12-29-11-15-3-5-16(6-4-15)20(27)7-8-24(18(25)26)10-17(20)9-23-28/h3-6,9,14,17,27-28H,7-8,10-13H2,1-2H3,(H,25,26). The van der Waals surface area contributed by atoms with Crippen LogP contribution in [0.1, 0.15) is 31.4 Å². The highest BCUT2D eigenvalue weighted by atomic mass is 19.3. The molecule has 0 saturated carbocycles. The van der Waals surface area contributed by atoms with Crippen LogP contribution in [0.15, 0.2) is 29.4 Å². The summed E-state index contributed by atoms with van der Waals surface area (Å²) in [5.74, 6) is -3.83. The van der Waals surface area contributed by atoms with Crippen molar-refractivity contribution >= 4 is 12.3 Å². The molecule has 10 heteroatoms. The van der Waals surface area contributed by atoms with Crippen LogP contribution < -0.4 is 0 Å². The number of ether oxygens (including phenoxy) is 2. The van der Waals surface area contributed by atoms with Gasteiger partial charge in [-0.15, -0.1) is 5.16 Å². The van der Waals surface area contributed by atoms with Gasteiger partial charge in [0.1, 0.15) is 18.8 Å². The molecule has 1 aliphatic rings. The summed E-state index contributed by atoms with van der Waals surface area (Å²) in [6.45, 7) is 1.94. The third kappa shape index (κ3) is 6.35. The van der Waals surface area contributed by atoms with Crippen LogP contribution in [0, 0.1) is 5.92 Å². The smallest absolute Gasteiger partial charge is 0.407 e. The fraction of sp³-hybridized carbons (Fsp3) is 0.600. The molecule has 1 saturated heterocycles. The van der Waals surface area contributed by atoms with Gasteiger partial charge < -0.3 is 29.8 Å². The first-order valence-corrected chi connectivity index (χ1v) is 9.62. The second kappa shape index (κ2) is 10.1. The fourth-order valence-corrected chi connectivity index (χ4v) is 3.29. The van der Waals surface area contributed by atoms with E-state index in [1.807, 2.05) is 0 Å². The summed E-state index contributed by atoms with van der Waals surface area (Å²) in [6.07, 6.45) is -0.172. The average Bonchev–Trinajstić information content (AvgIpc) is 2.68. The molecular formula is C20H28F2N2O6. The second-order valence-electron chi connectivity index (χ2n) is 7.68. The van der Waals surface area contributed by atoms with Crippen molar-refractivity contribution in [2.75, 3.05) is 26.3 Å². The molecule has 2 unspecified atom stereocenters. The molecule has 0 spiro atoms. The van der Waals surface area contributed by atoms with Gasteiger partial charge in [-0.05, 0) is 31.4 Å². The number of rotatable bonds is 9. The van der Waals surface area contributed by atoms with Gasteiger partial charge in [0.2, 0.25) is 0 Å². The lowest BCUT2D eigenvalue weighted by atomic mass is 9.76. The Balaban J connectivity index is 1.99. The number of aliphatic hydroxyl groups is 1. The number of benzene rings is 1. The number of oxime groups is 1. The van der Waals surface area contributed by atoms with Crippen molar-refractivity contribution < 1.29 is 38.5 Å². The Labute approximate surface area is 173 Å². The van der Waals surface area contributed by atoms with Crippen molar-refractivity contribution in [3.8, 4) is 0 Å². The zero-order valence-electron chi connectivity index (χ0n) is 17.0. The third-order valence-corrected chi connectivity index (χ3v) is 4.97. The summed E-state index contributed by atoms with van der Waals surface area (Å²) in [4.78, 5) is 12.3. The van der Waals surface area contributed by atoms with E-state index >= 15 is 0 Å². The topological polar surface area (TPSA) is 112 Å². The zero-order chi connectivity index (χ0) is 22.4. The summed E-state index contributed by atoms with van der Waals surface area (Å²) in [5, 5.41) is 32.2. The van der Waals surface area contributed by atoms with Gasteiger partial charge in [-0.1, -0.05) is 24.3 Å². The van der Waals surface area contributed by atoms with Gasteiger partial charge >= 0.3 is 6.09 Å². The number of piperidine rings is 1. The maximum absolute atomic E-state index is 13.7. The molecule has 0 aromatic heterocycles. The Hall–Kier alpha value is -2.30. The number of carboxylic acid groups (broad SMARTS) is 1. The number of amides is 1. The van der Waals surface area contributed by atoms with Crippen molar-refractivity contribution in [3.63, 3.8) is 0 Å². The lowest BCUT2D eigenvalue weighted by molar-refractivity contribution is -0.135. The normalized spacial score (nSPS) is 22.7. The van der Waals surface area contributed by atoms with Crippen LogP contribution in [0.4, 0.5) is 13.6 Å². The van der Waals surface area contributed by atoms with E-state index in [1.54, 1.807) is 38.1 Å². The molecule has 2 atom stereocenters. The molecule has 1 heterocycles. The lowest BCUT2D eigenvalue weighted by Gasteiger charge is -2.42. The lowest BCUT2D eigenvalue weighted by Crippen LogP contribution is -2.52. The average molecular weight is 430 g/mol. The second-order valence-corrected chi connectivity index (χ2v) is 7.68. The highest BCUT2D eigenvalue weighted by Crippen LogP contribution is 2.37. The van der Waals surface area contributed by atoms with Crippen LogP contribution in [0.3, 0.4) is 0 Å². The highest BCUT2D eigenvalue weighted by Gasteiger charge is 2.43. The van der Waals surface area contributed by atoms with Crippen LogP contribution >= 0.6 is 0 Å². The molecule has 30 heavy (non-hydrogen) atoms. The van der Waals surface area contributed by atoms with E-state index in [2.05, 4.69) is 5.16 Å². The van der Waals surface area contributed by atoms with Crippen molar-refractivity contribution in [1.82, 2.24) is 4.90 Å². The van der Waals surface area contributed by atoms with Crippen LogP contribution in [-0.2, 0) is 21.7 Å². The van der Waals surface area contributed by atoms with E-state index in [0.717, 1.165) is 11.1 Å². The van der Waals surface area contributed by atoms with Gasteiger partial charge in [0.05, 0.1) is 18.9 Å². The van der Waals surface area contributed by atoms with Gasteiger partial charge in [0.15, 0.2) is 0 Å². The first-order chi connectivity index (χ1) is 14.1. The summed E-state index contributed by atoms with van der Waals surface area (Å²) in [7, 11) is 0. The van der Waals surface area contributed by atoms with Crippen molar-refractivity contribution in [2.45, 2.75) is 44.5 Å². The van der Waals surface area contributed by atoms with E-state index in [0.29, 0.717) is 11.1 Å². The number of hydrogen-bond acceptors (Lipinski definition) is 6. The van der Waals surface area contributed by atoms with Crippen molar-refractivity contribution in [2.24, 2.45) is 11.1 Å². The molecule has 0 aliphatic carbocycles. The molecule has 2 rings (SSSR count). The SMILES string of the molecule is CC(C)OCC(F)(F)COCc1ccc(C2(O)CCN(C(=O)O)CC2C=NO)cc1. The van der Waals surface area contributed by atoms with Gasteiger partial charge in [-0.3, -0.25) is 0 Å². The van der Waals surface area contributed by atoms with Gasteiger partial charge in [0, 0.05) is 19.0 Å². The van der Waals surface area contributed by atoms with Crippen molar-refractivity contribution in [3.05, 3.63) is 35.4 Å². The summed E-state index contributed by atoms with van der Waals surface area (Å²) in [6, 6.07) is 6.56. The molecule has 1 amide bonds. The fourth-order valence-electron chi connectivity index (χ4n) is 3.29. The van der Waals surface area contributed by atoms with Crippen LogP contribution in [0.5, 0.6) is 0 Å². The Kier molecular flexibility index (Phi) is 8.10. The zero-order valence-corrected chi connectivity index (χ0v) is 17.0. The van der Waals surface area contributed by atoms with Crippen LogP contribution in [0.25, 0.3) is 0 Å². The van der Waals surface area contributed by atoms with E-state index in [-0.39, 0.29) is 32.2 Å². The molecule has 1 fully saturated rings. The quantitative estimate of drug-likeness (QED) is 0.316. The number of likely N-dealkylation sites (tertiary alicyclic amines) is 1. The van der Waals surface area contributed by atoms with Gasteiger partial charge in [-0.25, -0.2) is 13.6 Å². The molecule has 1 aromatic carbocycles. The molecule has 3 N–H and O–H groups in total. The number of nitrogens with zero attached hydrogens (tertiary/aromatic N) is 2. The number of halogens is 2. The highest BCUT2D eigenvalue weighted by molar-refractivity contribution is 5.69. The van der Waals surface area contributed by atoms with Crippen LogP contribution in [0.2, 0.25) is 0 Å². The van der Waals surface area contributed by atoms with Gasteiger partial charge in [0.25, 0.3) is 5.92 Å². The van der Waals surface area contributed by atoms with E-state index in [4.69, 9.17) is 19.8 Å². The number of alkyl halides is 2. The van der Waals surface area contributed by atoms with Crippen LogP contribution in [-0.4, -0.2) is 71.0 Å². The minimum absolute atomic E-state index is 0.0196. The summed E-state index contributed by atoms with van der Waals surface area (Å²) < 4.78 is 37.4. The first-order valence-electron chi connectivity index (χ1n) is 9.62. The third-order valence-electron chi connectivity index (χ3n) is 4.97. The molecular weight excluding hydrogens is 402 g/mol. The Morgan fingerprint density at radius 3 is 2.60 bits per heavy atom.